The fourth-order valence-corrected chi connectivity index (χ4v) is 5.80. The number of carbonyl (C=O) groups is 3. The van der Waals surface area contributed by atoms with Crippen molar-refractivity contribution < 1.29 is 28.6 Å². The van der Waals surface area contributed by atoms with Crippen LogP contribution in [0.1, 0.15) is 56.0 Å². The molecule has 0 radical (unpaired) electrons. The quantitative estimate of drug-likeness (QED) is 0.126. The predicted octanol–water partition coefficient (Wildman–Crippen LogP) is 3.13. The normalized spacial score (nSPS) is 14.8. The number of aromatic nitrogens is 1. The zero-order chi connectivity index (χ0) is 37.2. The molecule has 0 bridgehead atoms. The molecule has 1 aliphatic heterocycles. The maximum Gasteiger partial charge on any atom is 0.410 e. The molecule has 276 valence electrons. The van der Waals surface area contributed by atoms with E-state index < -0.39 is 34.9 Å². The van der Waals surface area contributed by atoms with Crippen LogP contribution in [0.4, 0.5) is 20.6 Å². The number of carbonyl (C=O) groups excluding carboxylic acids is 2. The van der Waals surface area contributed by atoms with Crippen LogP contribution in [0.5, 0.6) is 0 Å². The molecule has 1 aliphatic rings. The minimum atomic E-state index is -1.37. The van der Waals surface area contributed by atoms with Crippen molar-refractivity contribution in [3.05, 3.63) is 81.7 Å². The highest BCUT2D eigenvalue weighted by Gasteiger charge is 2.26. The predicted molar refractivity (Wildman–Crippen MR) is 195 cm³/mol. The summed E-state index contributed by atoms with van der Waals surface area (Å²) in [4.78, 5) is 53.6. The zero-order valence-electron chi connectivity index (χ0n) is 29.4. The van der Waals surface area contributed by atoms with E-state index in [1.165, 1.54) is 11.1 Å². The smallest absolute Gasteiger partial charge is 0.410 e. The number of pyridine rings is 1. The van der Waals surface area contributed by atoms with E-state index in [4.69, 9.17) is 21.9 Å². The maximum absolute atomic E-state index is 15.2. The second-order valence-electron chi connectivity index (χ2n) is 12.9. The van der Waals surface area contributed by atoms with Crippen LogP contribution in [0.15, 0.2) is 59.3 Å². The van der Waals surface area contributed by atoms with Crippen molar-refractivity contribution in [1.29, 1.82) is 0 Å². The van der Waals surface area contributed by atoms with Crippen LogP contribution in [-0.2, 0) is 22.7 Å². The van der Waals surface area contributed by atoms with Gasteiger partial charge in [0.2, 0.25) is 11.3 Å². The first-order valence-corrected chi connectivity index (χ1v) is 17.2. The molecule has 2 atom stereocenters. The maximum atomic E-state index is 15.2. The van der Waals surface area contributed by atoms with Crippen LogP contribution >= 0.6 is 0 Å². The average molecular weight is 709 g/mol. The average Bonchev–Trinajstić information content (AvgIpc) is 3.12. The molecule has 9 N–H and O–H groups in total. The second kappa shape index (κ2) is 17.7. The number of carboxylic acid groups (broad SMARTS) is 1. The van der Waals surface area contributed by atoms with Crippen LogP contribution in [0.25, 0.3) is 10.9 Å². The number of piperazine rings is 1. The van der Waals surface area contributed by atoms with Crippen LogP contribution in [0.3, 0.4) is 0 Å². The van der Waals surface area contributed by atoms with Gasteiger partial charge >= 0.3 is 12.1 Å². The Kier molecular flexibility index (Phi) is 13.4. The Hall–Kier alpha value is -5.15. The summed E-state index contributed by atoms with van der Waals surface area (Å²) in [7, 11) is 0. The third kappa shape index (κ3) is 9.76. The van der Waals surface area contributed by atoms with Crippen molar-refractivity contribution in [3.8, 4) is 0 Å². The number of nitrogens with two attached hydrogens (primary N) is 3. The lowest BCUT2D eigenvalue weighted by Gasteiger charge is -2.35. The van der Waals surface area contributed by atoms with Gasteiger partial charge in [-0.05, 0) is 68.5 Å². The number of nitrogens with zero attached hydrogens (tertiary/aromatic N) is 3. The molecular weight excluding hydrogens is 659 g/mol. The van der Waals surface area contributed by atoms with E-state index in [9.17, 15) is 24.3 Å². The minimum Gasteiger partial charge on any atom is -0.477 e. The molecule has 2 heterocycles. The Balaban J connectivity index is 1.31. The molecule has 0 unspecified atom stereocenters. The largest absolute Gasteiger partial charge is 0.477 e. The molecule has 1 fully saturated rings. The van der Waals surface area contributed by atoms with Gasteiger partial charge in [0.1, 0.15) is 24.0 Å². The lowest BCUT2D eigenvalue weighted by atomic mass is 10.0. The van der Waals surface area contributed by atoms with Crippen molar-refractivity contribution in [3.63, 3.8) is 0 Å². The number of benzene rings is 2. The molecular formula is C36H49FN8O6. The van der Waals surface area contributed by atoms with Gasteiger partial charge in [-0.25, -0.2) is 14.0 Å². The molecule has 2 aromatic carbocycles. The fraction of sp³-hybridized carbons (Fsp3) is 0.444. The van der Waals surface area contributed by atoms with Crippen molar-refractivity contribution >= 4 is 40.2 Å². The number of unbranched alkanes of at least 4 members (excludes halogenated alkanes) is 1. The highest BCUT2D eigenvalue weighted by atomic mass is 19.1. The number of fused-ring (bicyclic) bond motifs is 1. The molecule has 0 saturated carbocycles. The van der Waals surface area contributed by atoms with E-state index >= 15 is 4.39 Å². The number of hydrogen-bond acceptors (Lipinski definition) is 10. The van der Waals surface area contributed by atoms with Gasteiger partial charge in [0.05, 0.1) is 11.2 Å². The van der Waals surface area contributed by atoms with Crippen molar-refractivity contribution in [2.24, 2.45) is 23.1 Å². The monoisotopic (exact) mass is 708 g/mol. The van der Waals surface area contributed by atoms with Gasteiger partial charge < -0.3 is 52.0 Å². The Labute approximate surface area is 296 Å². The third-order valence-electron chi connectivity index (χ3n) is 9.00. The molecule has 0 spiro atoms. The molecule has 3 aromatic rings. The van der Waals surface area contributed by atoms with E-state index in [2.05, 4.69) is 10.6 Å². The SMILES string of the molecule is CCn1cc(C(=O)O)c(=O)c2cc(F)c(N3CCN(C(=O)OCc4ccc(NC(=O)[C@H](CCCCN)N/C=C(\N)[C@@H](N)C(C)C)cc4)CC3)cc21. The number of aryl methyl sites for hydroxylation is 1. The Bertz CT molecular complexity index is 1790. The fourth-order valence-electron chi connectivity index (χ4n) is 5.80. The lowest BCUT2D eigenvalue weighted by Crippen LogP contribution is -2.49. The van der Waals surface area contributed by atoms with Gasteiger partial charge in [0.25, 0.3) is 0 Å². The molecule has 51 heavy (non-hydrogen) atoms. The van der Waals surface area contributed by atoms with Crippen molar-refractivity contribution in [2.45, 2.75) is 65.3 Å². The molecule has 1 aromatic heterocycles. The molecule has 2 amide bonds. The lowest BCUT2D eigenvalue weighted by molar-refractivity contribution is -0.118. The van der Waals surface area contributed by atoms with E-state index in [1.54, 1.807) is 52.9 Å². The molecule has 15 heteroatoms. The Morgan fingerprint density at radius 3 is 2.37 bits per heavy atom. The topological polar surface area (TPSA) is 211 Å². The Morgan fingerprint density at radius 1 is 1.08 bits per heavy atom. The number of rotatable bonds is 15. The minimum absolute atomic E-state index is 0.00341. The summed E-state index contributed by atoms with van der Waals surface area (Å²) in [5.41, 5.74) is 19.2. The first kappa shape index (κ1) is 38.6. The number of nitrogens with one attached hydrogen (secondary N) is 2. The zero-order valence-corrected chi connectivity index (χ0v) is 29.4. The van der Waals surface area contributed by atoms with Crippen LogP contribution in [0, 0.1) is 11.7 Å². The van der Waals surface area contributed by atoms with Gasteiger partial charge in [0, 0.05) is 67.9 Å². The van der Waals surface area contributed by atoms with E-state index in [1.807, 2.05) is 13.8 Å². The van der Waals surface area contributed by atoms with E-state index in [0.29, 0.717) is 49.5 Å². The van der Waals surface area contributed by atoms with Crippen molar-refractivity contribution in [1.82, 2.24) is 14.8 Å². The van der Waals surface area contributed by atoms with Crippen molar-refractivity contribution in [2.75, 3.05) is 42.9 Å². The first-order chi connectivity index (χ1) is 24.3. The summed E-state index contributed by atoms with van der Waals surface area (Å²) in [5.74, 6) is -2.10. The number of ether oxygens (including phenoxy) is 1. The standard InChI is InChI=1S/C36H49FN8O6/c1-4-43-20-26(35(48)49)33(46)25-17-27(37)31(18-30(25)43)44-13-15-45(16-14-44)36(50)51-21-23-8-10-24(11-9-23)42-34(47)29(7-5-6-12-38)41-19-28(39)32(40)22(2)3/h8-11,17-20,22,29,32,41H,4-7,12-16,21,38-40H2,1-3H3,(H,42,47)(H,48,49)/b28-19-/t29-,32-/m0/s1. The summed E-state index contributed by atoms with van der Waals surface area (Å²) < 4.78 is 22.4. The molecule has 0 aliphatic carbocycles. The van der Waals surface area contributed by atoms with E-state index in [-0.39, 0.29) is 48.6 Å². The van der Waals surface area contributed by atoms with Gasteiger partial charge in [-0.1, -0.05) is 26.0 Å². The summed E-state index contributed by atoms with van der Waals surface area (Å²) >= 11 is 0. The highest BCUT2D eigenvalue weighted by Crippen LogP contribution is 2.27. The van der Waals surface area contributed by atoms with Crippen LogP contribution < -0.4 is 38.2 Å². The molecule has 14 nitrogen and oxygen atoms in total. The number of hydrogen-bond donors (Lipinski definition) is 6. The van der Waals surface area contributed by atoms with Gasteiger partial charge in [0.15, 0.2) is 0 Å². The van der Waals surface area contributed by atoms with E-state index in [0.717, 1.165) is 24.5 Å². The first-order valence-electron chi connectivity index (χ1n) is 17.2. The number of aromatic carboxylic acids is 1. The summed E-state index contributed by atoms with van der Waals surface area (Å²) in [5, 5.41) is 15.4. The van der Waals surface area contributed by atoms with Gasteiger partial charge in [-0.3, -0.25) is 9.59 Å². The second-order valence-corrected chi connectivity index (χ2v) is 12.9. The number of halogens is 1. The van der Waals surface area contributed by atoms with Gasteiger partial charge in [-0.15, -0.1) is 0 Å². The molecule has 4 rings (SSSR count). The Morgan fingerprint density at radius 2 is 1.76 bits per heavy atom. The van der Waals surface area contributed by atoms with Crippen LogP contribution in [0.2, 0.25) is 0 Å². The summed E-state index contributed by atoms with van der Waals surface area (Å²) in [6.45, 7) is 7.88. The van der Waals surface area contributed by atoms with Crippen LogP contribution in [-0.4, -0.2) is 77.4 Å². The summed E-state index contributed by atoms with van der Waals surface area (Å²) in [6.07, 6.45) is 4.45. The van der Waals surface area contributed by atoms with Gasteiger partial charge in [-0.2, -0.15) is 0 Å². The highest BCUT2D eigenvalue weighted by molar-refractivity contribution is 5.95. The summed E-state index contributed by atoms with van der Waals surface area (Å²) in [6, 6.07) is 8.74. The number of anilines is 2. The number of amides is 2. The third-order valence-corrected chi connectivity index (χ3v) is 9.00. The molecule has 1 saturated heterocycles. The number of carboxylic acids is 1.